The van der Waals surface area contributed by atoms with Crippen molar-refractivity contribution in [3.63, 3.8) is 0 Å². The van der Waals surface area contributed by atoms with E-state index >= 15 is 0 Å². The largest absolute Gasteiger partial charge is 0.397 e. The summed E-state index contributed by atoms with van der Waals surface area (Å²) in [6.45, 7) is 4.56. The van der Waals surface area contributed by atoms with Gasteiger partial charge in [-0.2, -0.15) is 0 Å². The molecule has 11 heteroatoms. The van der Waals surface area contributed by atoms with Gasteiger partial charge < -0.3 is 15.1 Å². The number of carbonyl (C=O) groups excluding carboxylic acids is 2. The number of rotatable bonds is 6. The molecule has 2 N–H and O–H groups in total. The van der Waals surface area contributed by atoms with Gasteiger partial charge in [0.1, 0.15) is 22.0 Å². The van der Waals surface area contributed by atoms with Gasteiger partial charge in [-0.1, -0.05) is 23.4 Å². The zero-order valence-electron chi connectivity index (χ0n) is 18.8. The topological polar surface area (TPSA) is 104 Å². The Morgan fingerprint density at radius 2 is 2.00 bits per heavy atom. The first-order chi connectivity index (χ1) is 16.2. The Morgan fingerprint density at radius 3 is 2.65 bits per heavy atom. The van der Waals surface area contributed by atoms with Crippen molar-refractivity contribution < 1.29 is 24.2 Å². The second-order valence-corrected chi connectivity index (χ2v) is 10.2. The van der Waals surface area contributed by atoms with Crippen LogP contribution in [-0.4, -0.2) is 62.7 Å². The van der Waals surface area contributed by atoms with E-state index in [4.69, 9.17) is 16.7 Å². The molecular formula is C23H25ClFN3O4S2. The fourth-order valence-electron chi connectivity index (χ4n) is 3.54. The molecule has 1 aliphatic heterocycles. The number of hydrogen-bond donors (Lipinski definition) is 2. The first-order valence-electron chi connectivity index (χ1n) is 10.6. The van der Waals surface area contributed by atoms with Gasteiger partial charge in [0.05, 0.1) is 10.6 Å². The molecule has 0 saturated carbocycles. The average molecular weight is 526 g/mol. The van der Waals surface area contributed by atoms with E-state index in [1.54, 1.807) is 36.9 Å². The van der Waals surface area contributed by atoms with Crippen molar-refractivity contribution in [3.8, 4) is 0 Å². The van der Waals surface area contributed by atoms with Gasteiger partial charge in [0.25, 0.3) is 0 Å². The molecule has 1 saturated heterocycles. The molecule has 182 valence electrons. The highest BCUT2D eigenvalue weighted by Gasteiger charge is 2.35. The summed E-state index contributed by atoms with van der Waals surface area (Å²) in [5.74, 6) is -0.122. The van der Waals surface area contributed by atoms with Crippen LogP contribution >= 0.6 is 34.7 Å². The Labute approximate surface area is 210 Å². The first-order valence-corrected chi connectivity index (χ1v) is 12.8. The fraction of sp³-hybridized carbons (Fsp3) is 0.391. The summed E-state index contributed by atoms with van der Waals surface area (Å²) in [6.07, 6.45) is 1.66. The van der Waals surface area contributed by atoms with Crippen LogP contribution in [-0.2, 0) is 10.4 Å². The SMILES string of the molecule is CCO.Cc1nc(SCC(=O)c2ccc(C3(O)CCN(C=O)CC3)s2)c2cc(Cl)cc(F)c2n1. The number of aliphatic hydroxyl groups excluding tert-OH is 1. The molecule has 1 fully saturated rings. The average Bonchev–Trinajstić information content (AvgIpc) is 3.30. The number of thioether (sulfide) groups is 1. The molecule has 0 unspecified atom stereocenters. The molecule has 4 rings (SSSR count). The molecule has 2 aromatic heterocycles. The highest BCUT2D eigenvalue weighted by atomic mass is 35.5. The number of thiophene rings is 1. The molecule has 3 heterocycles. The summed E-state index contributed by atoms with van der Waals surface area (Å²) < 4.78 is 14.2. The van der Waals surface area contributed by atoms with E-state index < -0.39 is 11.4 Å². The Balaban J connectivity index is 0.00000103. The number of aryl methyl sites for hydroxylation is 1. The maximum atomic E-state index is 14.2. The quantitative estimate of drug-likeness (QED) is 0.215. The van der Waals surface area contributed by atoms with Crippen LogP contribution in [0.2, 0.25) is 5.02 Å². The number of benzene rings is 1. The van der Waals surface area contributed by atoms with Gasteiger partial charge >= 0.3 is 0 Å². The minimum absolute atomic E-state index is 0.108. The summed E-state index contributed by atoms with van der Waals surface area (Å²) in [7, 11) is 0. The van der Waals surface area contributed by atoms with Crippen molar-refractivity contribution in [2.75, 3.05) is 25.4 Å². The molecule has 0 aliphatic carbocycles. The Hall–Kier alpha value is -2.11. The van der Waals surface area contributed by atoms with E-state index in [1.165, 1.54) is 29.2 Å². The number of halogens is 2. The third kappa shape index (κ3) is 6.11. The molecule has 34 heavy (non-hydrogen) atoms. The molecule has 1 amide bonds. The molecule has 0 spiro atoms. The van der Waals surface area contributed by atoms with Crippen LogP contribution in [0.4, 0.5) is 4.39 Å². The molecule has 7 nitrogen and oxygen atoms in total. The van der Waals surface area contributed by atoms with Gasteiger partial charge in [-0.3, -0.25) is 9.59 Å². The highest BCUT2D eigenvalue weighted by molar-refractivity contribution is 8.00. The molecule has 0 bridgehead atoms. The third-order valence-electron chi connectivity index (χ3n) is 5.25. The summed E-state index contributed by atoms with van der Waals surface area (Å²) in [4.78, 5) is 35.1. The van der Waals surface area contributed by atoms with E-state index in [9.17, 15) is 19.1 Å². The maximum Gasteiger partial charge on any atom is 0.209 e. The minimum atomic E-state index is -1.02. The zero-order valence-corrected chi connectivity index (χ0v) is 21.1. The molecule has 1 aromatic carbocycles. The van der Waals surface area contributed by atoms with E-state index in [0.29, 0.717) is 47.0 Å². The number of ketones is 1. The highest BCUT2D eigenvalue weighted by Crippen LogP contribution is 2.37. The number of likely N-dealkylation sites (tertiary alicyclic amines) is 1. The van der Waals surface area contributed by atoms with Crippen molar-refractivity contribution in [1.29, 1.82) is 0 Å². The van der Waals surface area contributed by atoms with Gasteiger partial charge in [-0.15, -0.1) is 11.3 Å². The van der Waals surface area contributed by atoms with Crippen LogP contribution in [0.1, 0.15) is 40.1 Å². The number of aliphatic hydroxyl groups is 2. The second kappa shape index (κ2) is 11.5. The van der Waals surface area contributed by atoms with Gasteiger partial charge in [0, 0.05) is 35.0 Å². The zero-order chi connectivity index (χ0) is 24.9. The van der Waals surface area contributed by atoms with Gasteiger partial charge in [0.2, 0.25) is 6.41 Å². The van der Waals surface area contributed by atoms with Crippen LogP contribution in [0.15, 0.2) is 29.3 Å². The Bertz CT molecular complexity index is 1180. The van der Waals surface area contributed by atoms with Crippen molar-refractivity contribution in [2.45, 2.75) is 37.3 Å². The number of aromatic nitrogens is 2. The maximum absolute atomic E-state index is 14.2. The lowest BCUT2D eigenvalue weighted by Crippen LogP contribution is -2.41. The van der Waals surface area contributed by atoms with Crippen LogP contribution in [0.25, 0.3) is 10.9 Å². The van der Waals surface area contributed by atoms with Gasteiger partial charge in [-0.25, -0.2) is 14.4 Å². The molecule has 0 atom stereocenters. The number of fused-ring (bicyclic) bond motifs is 1. The Morgan fingerprint density at radius 1 is 1.32 bits per heavy atom. The minimum Gasteiger partial charge on any atom is -0.397 e. The number of carbonyl (C=O) groups is 2. The molecule has 3 aromatic rings. The second-order valence-electron chi connectivity index (χ2n) is 7.72. The third-order valence-corrected chi connectivity index (χ3v) is 7.78. The van der Waals surface area contributed by atoms with Gasteiger partial charge in [0.15, 0.2) is 11.6 Å². The van der Waals surface area contributed by atoms with Gasteiger partial charge in [-0.05, 0) is 51.0 Å². The van der Waals surface area contributed by atoms with Crippen LogP contribution in [0.3, 0.4) is 0 Å². The lowest BCUT2D eigenvalue weighted by molar-refractivity contribution is -0.122. The standard InChI is InChI=1S/C21H19ClFN3O3S2.C2H6O/c1-12-24-19-14(8-13(22)9-15(19)23)20(25-12)30-10-16(28)17-2-3-18(31-17)21(29)4-6-26(11-27)7-5-21;1-2-3/h2-3,8-9,11,29H,4-7,10H2,1H3;3H,2H2,1H3. The first kappa shape index (κ1) is 26.5. The van der Waals surface area contributed by atoms with E-state index in [2.05, 4.69) is 9.97 Å². The number of amides is 1. The van der Waals surface area contributed by atoms with Crippen molar-refractivity contribution in [3.05, 3.63) is 50.7 Å². The molecule has 0 radical (unpaired) electrons. The fourth-order valence-corrected chi connectivity index (χ4v) is 5.85. The predicted octanol–water partition coefficient (Wildman–Crippen LogP) is 4.21. The summed E-state index contributed by atoms with van der Waals surface area (Å²) >= 11 is 8.46. The monoisotopic (exact) mass is 525 g/mol. The molecule has 1 aliphatic rings. The van der Waals surface area contributed by atoms with Crippen molar-refractivity contribution in [1.82, 2.24) is 14.9 Å². The van der Waals surface area contributed by atoms with E-state index in [0.717, 1.165) is 11.3 Å². The summed E-state index contributed by atoms with van der Waals surface area (Å²) in [5, 5.41) is 19.7. The smallest absolute Gasteiger partial charge is 0.209 e. The number of nitrogens with zero attached hydrogens (tertiary/aromatic N) is 3. The lowest BCUT2D eigenvalue weighted by atomic mass is 9.90. The Kier molecular flexibility index (Phi) is 9.00. The number of piperidine rings is 1. The van der Waals surface area contributed by atoms with Crippen LogP contribution in [0.5, 0.6) is 0 Å². The molecular weight excluding hydrogens is 501 g/mol. The lowest BCUT2D eigenvalue weighted by Gasteiger charge is -2.35. The van der Waals surface area contributed by atoms with Crippen LogP contribution < -0.4 is 0 Å². The van der Waals surface area contributed by atoms with Crippen molar-refractivity contribution in [2.24, 2.45) is 0 Å². The number of Topliss-reactive ketones (excluding diaryl/α,β-unsaturated/α-hetero) is 1. The van der Waals surface area contributed by atoms with Crippen molar-refractivity contribution >= 4 is 57.8 Å². The normalized spacial score (nSPS) is 15.1. The number of hydrogen-bond acceptors (Lipinski definition) is 8. The van der Waals surface area contributed by atoms with E-state index in [1.807, 2.05) is 0 Å². The predicted molar refractivity (Wildman–Crippen MR) is 132 cm³/mol. The summed E-state index contributed by atoms with van der Waals surface area (Å²) in [6, 6.07) is 6.29. The summed E-state index contributed by atoms with van der Waals surface area (Å²) in [5.41, 5.74) is -0.849. The van der Waals surface area contributed by atoms with Crippen LogP contribution in [0, 0.1) is 12.7 Å². The van der Waals surface area contributed by atoms with E-state index in [-0.39, 0.29) is 28.7 Å².